The van der Waals surface area contributed by atoms with Crippen LogP contribution in [0.15, 0.2) is 0 Å². The molecule has 6 rings (SSSR count). The number of amides is 3. The third kappa shape index (κ3) is 42.1. The van der Waals surface area contributed by atoms with E-state index in [2.05, 4.69) is 5.32 Å². The lowest BCUT2D eigenvalue weighted by atomic mass is 9.96. The van der Waals surface area contributed by atoms with Crippen LogP contribution in [0.4, 0.5) is 4.79 Å². The largest absolute Gasteiger partial charge is 0.481 e. The van der Waals surface area contributed by atoms with Gasteiger partial charge in [-0.1, -0.05) is 40.5 Å². The van der Waals surface area contributed by atoms with E-state index in [1.165, 1.54) is 0 Å². The lowest BCUT2D eigenvalue weighted by Crippen LogP contribution is -2.51. The van der Waals surface area contributed by atoms with Crippen molar-refractivity contribution < 1.29 is 164 Å². The number of hydrogen-bond acceptors (Lipinski definition) is 32. The maximum atomic E-state index is 12.9. The molecule has 0 aromatic heterocycles. The summed E-state index contributed by atoms with van der Waals surface area (Å²) in [5.74, 6) is -5.81. The van der Waals surface area contributed by atoms with Crippen LogP contribution < -0.4 is 16.8 Å². The Morgan fingerprint density at radius 3 is 1.16 bits per heavy atom. The van der Waals surface area contributed by atoms with Crippen LogP contribution in [0.3, 0.4) is 0 Å². The number of carboxylic acids is 2. The number of aliphatic hydroxyl groups is 5. The molecular weight excluding hydrogens is 1610 g/mol. The van der Waals surface area contributed by atoms with Gasteiger partial charge in [0.1, 0.15) is 36.3 Å². The number of aliphatic carboxylic acids is 2. The summed E-state index contributed by atoms with van der Waals surface area (Å²) in [6, 6.07) is -0.759. The van der Waals surface area contributed by atoms with Gasteiger partial charge in [0.05, 0.1) is 97.3 Å². The van der Waals surface area contributed by atoms with Crippen molar-refractivity contribution in [3.63, 3.8) is 0 Å². The maximum absolute atomic E-state index is 12.9. The van der Waals surface area contributed by atoms with E-state index in [9.17, 15) is 73.5 Å². The zero-order valence-electron chi connectivity index (χ0n) is 74.5. The third-order valence-corrected chi connectivity index (χ3v) is 22.2. The van der Waals surface area contributed by atoms with Gasteiger partial charge in [0.15, 0.2) is 49.9 Å². The Balaban J connectivity index is 0.000000385. The number of ether oxygens (including phenoxy) is 17. The highest BCUT2D eigenvalue weighted by atomic mass is 16.7. The molecule has 6 saturated heterocycles. The van der Waals surface area contributed by atoms with Crippen molar-refractivity contribution in [1.29, 1.82) is 0 Å². The average molecular weight is 1760 g/mol. The molecule has 37 nitrogen and oxygen atoms in total. The first-order valence-corrected chi connectivity index (χ1v) is 43.8. The summed E-state index contributed by atoms with van der Waals surface area (Å²) in [6.45, 7) is 28.8. The van der Waals surface area contributed by atoms with Crippen molar-refractivity contribution in [2.75, 3.05) is 13.2 Å². The van der Waals surface area contributed by atoms with Crippen LogP contribution in [0, 0.1) is 23.7 Å². The highest BCUT2D eigenvalue weighted by molar-refractivity contribution is 5.77. The average Bonchev–Trinajstić information content (AvgIpc) is 0.931. The van der Waals surface area contributed by atoms with E-state index in [0.717, 1.165) is 25.7 Å². The summed E-state index contributed by atoms with van der Waals surface area (Å²) in [7, 11) is 0. The van der Waals surface area contributed by atoms with Gasteiger partial charge >= 0.3 is 47.8 Å². The van der Waals surface area contributed by atoms with Crippen LogP contribution in [-0.4, -0.2) is 274 Å². The van der Waals surface area contributed by atoms with Crippen LogP contribution >= 0.6 is 0 Å². The summed E-state index contributed by atoms with van der Waals surface area (Å²) < 4.78 is 98.4. The van der Waals surface area contributed by atoms with E-state index in [-0.39, 0.29) is 144 Å². The molecule has 0 bridgehead atoms. The van der Waals surface area contributed by atoms with E-state index >= 15 is 0 Å². The zero-order chi connectivity index (χ0) is 91.2. The van der Waals surface area contributed by atoms with E-state index in [1.54, 1.807) is 76.2 Å². The van der Waals surface area contributed by atoms with Gasteiger partial charge in [-0.2, -0.15) is 0 Å². The van der Waals surface area contributed by atoms with Crippen LogP contribution in [0.1, 0.15) is 278 Å². The third-order valence-electron chi connectivity index (χ3n) is 22.2. The van der Waals surface area contributed by atoms with E-state index in [1.807, 2.05) is 34.6 Å². The molecule has 6 heterocycles. The molecule has 37 heteroatoms. The van der Waals surface area contributed by atoms with Crippen molar-refractivity contribution in [2.24, 2.45) is 35.1 Å². The molecule has 0 aliphatic carbocycles. The number of Topliss-reactive ketones (excluding diaryl/α,β-unsaturated/α-hetero) is 1. The summed E-state index contributed by atoms with van der Waals surface area (Å²) in [6.07, 6.45) is -5.67. The molecule has 0 aromatic rings. The van der Waals surface area contributed by atoms with Gasteiger partial charge in [-0.25, -0.2) is 4.79 Å². The molecule has 0 aromatic carbocycles. The number of hydrogen-bond donors (Lipinski definition) is 10. The van der Waals surface area contributed by atoms with Crippen LogP contribution in [0.5, 0.6) is 0 Å². The Morgan fingerprint density at radius 2 is 0.705 bits per heavy atom. The van der Waals surface area contributed by atoms with Gasteiger partial charge in [0.2, 0.25) is 5.91 Å². The highest BCUT2D eigenvalue weighted by Gasteiger charge is 2.46. The predicted molar refractivity (Wildman–Crippen MR) is 434 cm³/mol. The summed E-state index contributed by atoms with van der Waals surface area (Å²) in [5, 5.41) is 70.5. The molecule has 12 N–H and O–H groups in total. The fourth-order valence-corrected chi connectivity index (χ4v) is 14.2. The molecular formula is C85H147N3O34. The minimum absolute atomic E-state index is 0.00370. The number of nitrogens with two attached hydrogens (primary N) is 2. The van der Waals surface area contributed by atoms with E-state index in [0.29, 0.717) is 64.4 Å². The number of carbonyl (C=O) groups is 10. The summed E-state index contributed by atoms with van der Waals surface area (Å²) in [4.78, 5) is 118. The van der Waals surface area contributed by atoms with Crippen LogP contribution in [0.25, 0.3) is 0 Å². The Bertz CT molecular complexity index is 3120. The zero-order valence-corrected chi connectivity index (χ0v) is 74.5. The molecule has 6 aliphatic heterocycles. The quantitative estimate of drug-likeness (QED) is 0.0161. The minimum Gasteiger partial charge on any atom is -0.481 e. The van der Waals surface area contributed by atoms with Gasteiger partial charge in [0, 0.05) is 95.6 Å². The molecule has 12 unspecified atom stereocenters. The first kappa shape index (κ1) is 108. The SMILES string of the molecule is CC(=O)CCCC[C@@H](C)O[C@@H]1OC(C)[C@H](OC(=O)CCCC[C@@H](C)O[C@@H]2OC(C)[C@H](O)CC2O)CC1O.CC1C[C@@H](O)C(C)O[C@H]1OCCCCC(=O)OC1C[C@@H](OC(=O)[C@H](C)CCC(N)=O)C(C)O[C@H]1O[C@H](C)CCC(=O)O.CC1C[C@@H](O)C(C)O[C@H]1O[C@H](C)CCCC(=O)OC1C[C@@H](OC(=O)[C@H](C)CNC(N)=O)C(C)O[C@H]1O[C@H](C)CCC(=O)O. The second-order valence-electron chi connectivity index (χ2n) is 34.1. The number of carbonyl (C=O) groups excluding carboxylic acids is 8. The molecule has 6 aliphatic rings. The predicted octanol–water partition coefficient (Wildman–Crippen LogP) is 7.43. The van der Waals surface area contributed by atoms with E-state index in [4.69, 9.17) is 102 Å². The lowest BCUT2D eigenvalue weighted by molar-refractivity contribution is -0.280. The first-order chi connectivity index (χ1) is 57.4. The molecule has 706 valence electrons. The molecule has 3 amide bonds. The van der Waals surface area contributed by atoms with Crippen molar-refractivity contribution in [3.8, 4) is 0 Å². The smallest absolute Gasteiger partial charge is 0.312 e. The maximum Gasteiger partial charge on any atom is 0.312 e. The normalized spacial score (nSPS) is 32.1. The number of unbranched alkanes of at least 4 members (excludes halogenated alkanes) is 3. The highest BCUT2D eigenvalue weighted by Crippen LogP contribution is 2.35. The Morgan fingerprint density at radius 1 is 0.352 bits per heavy atom. The number of esters is 5. The fourth-order valence-electron chi connectivity index (χ4n) is 14.2. The van der Waals surface area contributed by atoms with Gasteiger partial charge in [0.25, 0.3) is 0 Å². The van der Waals surface area contributed by atoms with Gasteiger partial charge in [-0.3, -0.25) is 38.4 Å². The van der Waals surface area contributed by atoms with Gasteiger partial charge in [-0.05, 0) is 167 Å². The number of aliphatic hydroxyl groups excluding tert-OH is 5. The second-order valence-corrected chi connectivity index (χ2v) is 34.1. The van der Waals surface area contributed by atoms with Crippen molar-refractivity contribution in [1.82, 2.24) is 5.32 Å². The van der Waals surface area contributed by atoms with Crippen molar-refractivity contribution >= 4 is 59.5 Å². The number of urea groups is 1. The number of ketones is 1. The molecule has 122 heavy (non-hydrogen) atoms. The molecule has 0 radical (unpaired) electrons. The van der Waals surface area contributed by atoms with Gasteiger partial charge in [-0.15, -0.1) is 0 Å². The van der Waals surface area contributed by atoms with Crippen molar-refractivity contribution in [2.45, 2.75) is 444 Å². The summed E-state index contributed by atoms with van der Waals surface area (Å²) in [5.41, 5.74) is 10.3. The molecule has 0 saturated carbocycles. The van der Waals surface area contributed by atoms with E-state index < -0.39 is 195 Å². The van der Waals surface area contributed by atoms with Crippen molar-refractivity contribution in [3.05, 3.63) is 0 Å². The van der Waals surface area contributed by atoms with Crippen LogP contribution in [-0.2, 0) is 124 Å². The fraction of sp³-hybridized carbons (Fsp3) is 0.882. The summed E-state index contributed by atoms with van der Waals surface area (Å²) >= 11 is 0. The lowest BCUT2D eigenvalue weighted by Gasteiger charge is -2.40. The number of carboxylic acid groups (broad SMARTS) is 2. The topological polar surface area (TPSA) is 533 Å². The van der Waals surface area contributed by atoms with Gasteiger partial charge < -0.3 is 138 Å². The monoisotopic (exact) mass is 1750 g/mol. The minimum atomic E-state index is -0.990. The molecule has 0 spiro atoms. The molecule has 6 fully saturated rings. The number of rotatable bonds is 48. The second kappa shape index (κ2) is 56.3. The Kier molecular flexibility index (Phi) is 50.0. The number of nitrogens with one attached hydrogen (secondary N) is 1. The Labute approximate surface area is 718 Å². The number of primary amides is 2. The standard InChI is InChI=1S/C29H50N2O12.C29H49NO12.C27H48O10/c1-15-12-21(32)19(5)40-27(15)38-17(3)8-7-9-25(35)42-23-13-22(43-26(36)16(2)14-31-29(30)37)20(6)41-28(23)39-18(4)10-11-24(33)34;1-16(9-11-24(30)32)27(36)42-22-15-23(29(40-20(22)5)38-18(3)10-12-25(33)34)41-26(35)8-6-7-13-37-28-17(2)14-21(31)19(4)39-28;1-16(28)10-6-7-11-17(2)34-27-23(31)15-24(20(5)36-27)37-25(32)13-9-8-12-18(3)33-26-22(30)14-21(29)19(4)35-26/h15-23,27-28,32H,7-14H2,1-6H3,(H,33,34)(H3,30,31,37);16-23,28-29,31H,6-15H2,1-5H3,(H2,30,32)(H,33,34);17-24,26-27,29-31H,6-15H2,1-5H3/t15?,16-,17-,18-,19?,20?,21-,22-,23?,27-,28-;16-,17?,18-,19?,20?,21-,22-,23?,28-,29-;17-,18-,19?,20?,21-,22?,23?,24-,26-,27-/m111/s1. The Hall–Kier alpha value is -5.98. The van der Waals surface area contributed by atoms with Crippen LogP contribution in [0.2, 0.25) is 0 Å². The molecule has 31 atom stereocenters. The first-order valence-electron chi connectivity index (χ1n) is 43.8.